The van der Waals surface area contributed by atoms with Crippen molar-refractivity contribution in [1.82, 2.24) is 31.5 Å². The van der Waals surface area contributed by atoms with E-state index in [0.717, 1.165) is 0 Å². The topological polar surface area (TPSA) is 246 Å². The van der Waals surface area contributed by atoms with E-state index in [0.29, 0.717) is 51.5 Å². The van der Waals surface area contributed by atoms with Gasteiger partial charge in [-0.15, -0.1) is 0 Å². The molecule has 318 valence electrons. The van der Waals surface area contributed by atoms with Crippen LogP contribution in [0.1, 0.15) is 121 Å². The van der Waals surface area contributed by atoms with Crippen LogP contribution in [0.4, 0.5) is 19.2 Å². The molecule has 0 heterocycles. The Labute approximate surface area is 327 Å². The average Bonchev–Trinajstić information content (AvgIpc) is 2.98. The number of hydrogen-bond acceptors (Lipinski definition) is 10. The fourth-order valence-corrected chi connectivity index (χ4v) is 5.49. The number of carbonyl (C=O) groups excluding carboxylic acids is 4. The first kappa shape index (κ1) is 50.9. The summed E-state index contributed by atoms with van der Waals surface area (Å²) in [6.45, 7) is 23.2. The Bertz CT molecular complexity index is 1290. The van der Waals surface area contributed by atoms with Crippen molar-refractivity contribution in [3.05, 3.63) is 0 Å². The van der Waals surface area contributed by atoms with Crippen molar-refractivity contribution in [2.45, 2.75) is 162 Å². The Kier molecular flexibility index (Phi) is 21.9. The van der Waals surface area contributed by atoms with Crippen LogP contribution in [0.5, 0.6) is 0 Å². The molecule has 0 aromatic rings. The molecular formula is C36H69N7O11Si. The normalized spacial score (nSPS) is 13.5. The predicted octanol–water partition coefficient (Wildman–Crippen LogP) is 5.73. The zero-order chi connectivity index (χ0) is 42.6. The third kappa shape index (κ3) is 25.6. The molecule has 0 bridgehead atoms. The Morgan fingerprint density at radius 2 is 1.35 bits per heavy atom. The summed E-state index contributed by atoms with van der Waals surface area (Å²) < 4.78 is 17.0. The van der Waals surface area contributed by atoms with Gasteiger partial charge in [0, 0.05) is 38.6 Å². The number of carbonyl (C=O) groups is 6. The van der Waals surface area contributed by atoms with Gasteiger partial charge in [0.15, 0.2) is 8.32 Å². The van der Waals surface area contributed by atoms with E-state index in [2.05, 4.69) is 26.3 Å². The van der Waals surface area contributed by atoms with E-state index in [1.165, 1.54) is 4.90 Å². The molecule has 6 amide bonds. The monoisotopic (exact) mass is 803 g/mol. The van der Waals surface area contributed by atoms with Gasteiger partial charge >= 0.3 is 24.4 Å². The molecule has 0 aliphatic carbocycles. The molecule has 19 heteroatoms. The number of nitrogens with zero attached hydrogens (tertiary/aromatic N) is 2. The van der Waals surface area contributed by atoms with Crippen LogP contribution in [-0.4, -0.2) is 115 Å². The number of ether oxygens (including phenoxy) is 2. The second-order valence-corrected chi connectivity index (χ2v) is 21.6. The molecule has 1 unspecified atom stereocenters. The average molecular weight is 804 g/mol. The first-order valence-electron chi connectivity index (χ1n) is 18.9. The molecule has 2 atom stereocenters. The van der Waals surface area contributed by atoms with Gasteiger partial charge in [0.25, 0.3) is 5.91 Å². The molecule has 0 aliphatic rings. The van der Waals surface area contributed by atoms with E-state index in [1.54, 1.807) is 48.5 Å². The van der Waals surface area contributed by atoms with Crippen molar-refractivity contribution >= 4 is 50.5 Å². The van der Waals surface area contributed by atoms with Crippen molar-refractivity contribution in [1.29, 1.82) is 0 Å². The second kappa shape index (κ2) is 23.7. The van der Waals surface area contributed by atoms with Crippen LogP contribution in [0.2, 0.25) is 18.1 Å². The lowest BCUT2D eigenvalue weighted by molar-refractivity contribution is -0.136. The number of unbranched alkanes of at least 4 members (excludes halogenated alkanes) is 4. The number of guanidine groups is 1. The van der Waals surface area contributed by atoms with Gasteiger partial charge in [-0.25, -0.2) is 19.2 Å². The van der Waals surface area contributed by atoms with Gasteiger partial charge in [-0.05, 0) is 98.7 Å². The summed E-state index contributed by atoms with van der Waals surface area (Å²) in [6, 6.07) is -0.367. The Morgan fingerprint density at radius 3 is 1.89 bits per heavy atom. The molecule has 7 N–H and O–H groups in total. The van der Waals surface area contributed by atoms with Gasteiger partial charge in [0.1, 0.15) is 11.2 Å². The number of carboxylic acid groups (broad SMARTS) is 2. The lowest BCUT2D eigenvalue weighted by Crippen LogP contribution is -2.55. The highest BCUT2D eigenvalue weighted by atomic mass is 28.4. The third-order valence-electron chi connectivity index (χ3n) is 8.18. The number of aliphatic imine (C=N–C) groups is 1. The van der Waals surface area contributed by atoms with Crippen molar-refractivity contribution in [3.63, 3.8) is 0 Å². The fourth-order valence-electron chi connectivity index (χ4n) is 4.38. The van der Waals surface area contributed by atoms with Crippen LogP contribution < -0.4 is 26.6 Å². The summed E-state index contributed by atoms with van der Waals surface area (Å²) in [7, 11) is -2.49. The maximum atomic E-state index is 13.4. The quantitative estimate of drug-likeness (QED) is 0.0258. The molecule has 0 aromatic heterocycles. The van der Waals surface area contributed by atoms with Gasteiger partial charge in [-0.2, -0.15) is 0 Å². The molecule has 18 nitrogen and oxygen atoms in total. The summed E-state index contributed by atoms with van der Waals surface area (Å²) in [4.78, 5) is 78.9. The third-order valence-corrected chi connectivity index (χ3v) is 12.6. The van der Waals surface area contributed by atoms with E-state index < -0.39 is 56.0 Å². The second-order valence-electron chi connectivity index (χ2n) is 16.9. The maximum absolute atomic E-state index is 13.4. The summed E-state index contributed by atoms with van der Waals surface area (Å²) in [5.74, 6) is -1.06. The van der Waals surface area contributed by atoms with Gasteiger partial charge < -0.3 is 45.0 Å². The highest BCUT2D eigenvalue weighted by Crippen LogP contribution is 2.37. The van der Waals surface area contributed by atoms with Crippen LogP contribution in [0.3, 0.4) is 0 Å². The molecule has 0 spiro atoms. The highest BCUT2D eigenvalue weighted by Gasteiger charge is 2.41. The molecule has 55 heavy (non-hydrogen) atoms. The summed E-state index contributed by atoms with van der Waals surface area (Å²) in [5.41, 5.74) is -1.48. The van der Waals surface area contributed by atoms with Crippen molar-refractivity contribution in [3.8, 4) is 0 Å². The van der Waals surface area contributed by atoms with E-state index in [-0.39, 0.29) is 49.0 Å². The minimum atomic E-state index is -2.49. The Balaban J connectivity index is 5.17. The molecular weight excluding hydrogens is 735 g/mol. The van der Waals surface area contributed by atoms with Crippen LogP contribution in [0, 0.1) is 0 Å². The van der Waals surface area contributed by atoms with Gasteiger partial charge in [-0.3, -0.25) is 25.2 Å². The minimum Gasteiger partial charge on any atom is -0.465 e. The Hall–Kier alpha value is -4.13. The highest BCUT2D eigenvalue weighted by molar-refractivity contribution is 6.74. The smallest absolute Gasteiger partial charge is 0.414 e. The van der Waals surface area contributed by atoms with Crippen LogP contribution >= 0.6 is 0 Å². The molecule has 0 fully saturated rings. The first-order chi connectivity index (χ1) is 25.1. The summed E-state index contributed by atoms with van der Waals surface area (Å²) in [6.07, 6.45) is -1.03. The van der Waals surface area contributed by atoms with E-state index in [4.69, 9.17) is 24.1 Å². The van der Waals surface area contributed by atoms with Gasteiger partial charge in [0.05, 0.1) is 0 Å². The number of rotatable bonds is 20. The largest absolute Gasteiger partial charge is 0.465 e. The molecule has 0 rings (SSSR count). The number of nitrogens with one attached hydrogen (secondary N) is 5. The van der Waals surface area contributed by atoms with Gasteiger partial charge in [0.2, 0.25) is 18.1 Å². The van der Waals surface area contributed by atoms with Crippen LogP contribution in [0.25, 0.3) is 0 Å². The van der Waals surface area contributed by atoms with Crippen molar-refractivity contribution in [2.24, 2.45) is 4.99 Å². The van der Waals surface area contributed by atoms with Crippen LogP contribution in [0.15, 0.2) is 4.99 Å². The lowest BCUT2D eigenvalue weighted by Gasteiger charge is -2.38. The molecule has 0 saturated carbocycles. The zero-order valence-corrected chi connectivity index (χ0v) is 36.1. The van der Waals surface area contributed by atoms with E-state index in [9.17, 15) is 28.8 Å². The molecule has 0 saturated heterocycles. The lowest BCUT2D eigenvalue weighted by atomic mass is 10.1. The number of alkyl carbamates (subject to hydrolysis) is 1. The minimum absolute atomic E-state index is 0.154. The van der Waals surface area contributed by atoms with Crippen molar-refractivity contribution < 1.29 is 52.9 Å². The molecule has 0 aromatic carbocycles. The predicted molar refractivity (Wildman–Crippen MR) is 211 cm³/mol. The summed E-state index contributed by atoms with van der Waals surface area (Å²) >= 11 is 0. The summed E-state index contributed by atoms with van der Waals surface area (Å²) in [5, 5.41) is 30.1. The van der Waals surface area contributed by atoms with E-state index in [1.807, 2.05) is 39.2 Å². The Morgan fingerprint density at radius 1 is 0.745 bits per heavy atom. The fraction of sp³-hybridized carbons (Fsp3) is 0.806. The first-order valence-corrected chi connectivity index (χ1v) is 21.8. The maximum Gasteiger partial charge on any atom is 0.414 e. The molecule has 0 aliphatic heterocycles. The number of hydrogen-bond donors (Lipinski definition) is 7. The van der Waals surface area contributed by atoms with E-state index >= 15 is 0 Å². The molecule has 0 radical (unpaired) electrons. The van der Waals surface area contributed by atoms with Crippen LogP contribution in [-0.2, 0) is 23.5 Å². The van der Waals surface area contributed by atoms with Gasteiger partial charge in [-0.1, -0.05) is 33.6 Å². The number of amides is 6. The van der Waals surface area contributed by atoms with Crippen molar-refractivity contribution in [2.75, 3.05) is 26.2 Å². The SMILES string of the molecule is C[C@H](CCN(CCCCNC(=O)C(NC(=O)CCCCCCN=C(NC(=O)O)NC(=O)OC(C)(C)C)O[Si](C)(C)C(C)(C)C)C(=O)OC(C)(C)C)NC(=O)O. The zero-order valence-electron chi connectivity index (χ0n) is 35.1. The standard InChI is InChI=1S/C36H69N7O11Si/c1-25(39-30(46)47)20-24-43(33(51)53-35(5,6)7)23-18-17-21-37-27(45)28(54-55(11,12)36(8,9)10)40-26(44)19-15-13-14-16-22-38-29(41-31(48)49)42-32(50)52-34(2,3)4/h25,28,39H,13-24H2,1-12H3,(H,37,45)(H,40,44)(H,46,47)(H,48,49)(H2,38,41,42,50)/t25-,28?/m1/s1.